The average molecular weight is 938 g/mol. The van der Waals surface area contributed by atoms with E-state index in [1.165, 1.54) is 7.11 Å². The van der Waals surface area contributed by atoms with Crippen LogP contribution in [-0.2, 0) is 28.5 Å². The van der Waals surface area contributed by atoms with Gasteiger partial charge in [0.25, 0.3) is 5.91 Å². The summed E-state index contributed by atoms with van der Waals surface area (Å²) in [6.45, 7) is 5.20. The van der Waals surface area contributed by atoms with Crippen molar-refractivity contribution < 1.29 is 38.1 Å². The van der Waals surface area contributed by atoms with Crippen LogP contribution in [0.25, 0.3) is 44.5 Å². The number of carbonyl (C=O) groups excluding carboxylic acids is 4. The lowest BCUT2D eigenvalue weighted by atomic mass is 10.0. The first kappa shape index (κ1) is 47.0. The van der Waals surface area contributed by atoms with Crippen LogP contribution in [0.5, 0.6) is 0 Å². The second kappa shape index (κ2) is 21.9. The summed E-state index contributed by atoms with van der Waals surface area (Å²) >= 11 is 0. The number of pyridine rings is 1. The third-order valence-corrected chi connectivity index (χ3v) is 13.3. The van der Waals surface area contributed by atoms with Crippen molar-refractivity contribution in [3.63, 3.8) is 0 Å². The molecule has 0 spiro atoms. The summed E-state index contributed by atoms with van der Waals surface area (Å²) < 4.78 is 21.4. The van der Waals surface area contributed by atoms with Crippen molar-refractivity contribution in [1.82, 2.24) is 45.4 Å². The summed E-state index contributed by atoms with van der Waals surface area (Å²) in [6, 6.07) is 23.5. The minimum Gasteiger partial charge on any atom is -0.453 e. The Hall–Kier alpha value is -7.11. The number of nitrogens with zero attached hydrogens (tertiary/aromatic N) is 5. The number of fused-ring (bicyclic) bond motifs is 1. The molecule has 0 radical (unpaired) electrons. The van der Waals surface area contributed by atoms with E-state index < -0.39 is 24.3 Å². The van der Waals surface area contributed by atoms with Crippen molar-refractivity contribution in [2.45, 2.75) is 88.6 Å². The van der Waals surface area contributed by atoms with Crippen LogP contribution in [0.4, 0.5) is 9.59 Å². The monoisotopic (exact) mass is 937 g/mol. The van der Waals surface area contributed by atoms with Crippen LogP contribution in [-0.4, -0.2) is 117 Å². The number of alkyl carbamates (subject to hydrolysis) is 2. The normalized spacial score (nSPS) is 18.2. The van der Waals surface area contributed by atoms with Crippen molar-refractivity contribution in [2.24, 2.45) is 0 Å². The first-order chi connectivity index (χ1) is 33.8. The topological polar surface area (TPSA) is 206 Å². The van der Waals surface area contributed by atoms with Crippen LogP contribution in [0, 0.1) is 0 Å². The fourth-order valence-corrected chi connectivity index (χ4v) is 9.61. The van der Waals surface area contributed by atoms with E-state index in [1.54, 1.807) is 17.3 Å². The lowest BCUT2D eigenvalue weighted by molar-refractivity contribution is -0.135. The van der Waals surface area contributed by atoms with Crippen LogP contribution < -0.4 is 10.6 Å². The van der Waals surface area contributed by atoms with E-state index in [2.05, 4.69) is 38.8 Å². The Morgan fingerprint density at radius 1 is 0.725 bits per heavy atom. The molecule has 360 valence electrons. The van der Waals surface area contributed by atoms with Crippen LogP contribution in [0.1, 0.15) is 93.6 Å². The zero-order valence-corrected chi connectivity index (χ0v) is 39.0. The Balaban J connectivity index is 0.847. The van der Waals surface area contributed by atoms with E-state index in [1.807, 2.05) is 78.7 Å². The minimum atomic E-state index is -0.912. The smallest absolute Gasteiger partial charge is 0.408 e. The SMILES string of the molecule is CCOCCCC(NC(=O)OC)C(=O)N1CCCC1c1ncc(-c2ccc3cc(-c4ccc(-c5cnc(C6CCCN6C(=O)C(NC(=O)OC6CCOCC6)c6ccccc6)[nH]5)cc4)ncc3c2)[nH]1. The van der Waals surface area contributed by atoms with Gasteiger partial charge in [-0.05, 0) is 74.1 Å². The number of hydrogen-bond donors (Lipinski definition) is 4. The summed E-state index contributed by atoms with van der Waals surface area (Å²) in [5, 5.41) is 7.59. The molecule has 3 aliphatic heterocycles. The molecular formula is C52H59N9O8. The maximum absolute atomic E-state index is 14.3. The predicted octanol–water partition coefficient (Wildman–Crippen LogP) is 8.20. The van der Waals surface area contributed by atoms with Gasteiger partial charge in [-0.2, -0.15) is 0 Å². The molecule has 3 aromatic carbocycles. The van der Waals surface area contributed by atoms with Gasteiger partial charge in [-0.15, -0.1) is 0 Å². The van der Waals surface area contributed by atoms with Crippen LogP contribution >= 0.6 is 0 Å². The van der Waals surface area contributed by atoms with Gasteiger partial charge in [0.2, 0.25) is 5.91 Å². The number of aromatic nitrogens is 5. The fraction of sp³-hybridized carbons (Fsp3) is 0.404. The molecule has 69 heavy (non-hydrogen) atoms. The molecule has 0 aliphatic carbocycles. The summed E-state index contributed by atoms with van der Waals surface area (Å²) in [5.41, 5.74) is 6.02. The lowest BCUT2D eigenvalue weighted by Gasteiger charge is -2.29. The maximum atomic E-state index is 14.3. The van der Waals surface area contributed by atoms with Crippen LogP contribution in [0.2, 0.25) is 0 Å². The highest BCUT2D eigenvalue weighted by atomic mass is 16.6. The van der Waals surface area contributed by atoms with E-state index in [4.69, 9.17) is 33.9 Å². The Morgan fingerprint density at radius 3 is 2.06 bits per heavy atom. The predicted molar refractivity (Wildman–Crippen MR) is 257 cm³/mol. The first-order valence-electron chi connectivity index (χ1n) is 24.0. The van der Waals surface area contributed by atoms with Crippen molar-refractivity contribution >= 4 is 34.8 Å². The van der Waals surface area contributed by atoms with Crippen molar-refractivity contribution in [3.8, 4) is 33.8 Å². The molecule has 6 heterocycles. The van der Waals surface area contributed by atoms with Crippen molar-refractivity contribution in [1.29, 1.82) is 0 Å². The van der Waals surface area contributed by atoms with E-state index in [0.29, 0.717) is 82.4 Å². The number of ether oxygens (including phenoxy) is 4. The molecule has 3 saturated heterocycles. The zero-order valence-electron chi connectivity index (χ0n) is 39.0. The summed E-state index contributed by atoms with van der Waals surface area (Å²) in [5.74, 6) is 1.02. The third kappa shape index (κ3) is 10.9. The van der Waals surface area contributed by atoms with Crippen molar-refractivity contribution in [2.75, 3.05) is 46.6 Å². The molecule has 17 heteroatoms. The maximum Gasteiger partial charge on any atom is 0.408 e. The highest BCUT2D eigenvalue weighted by Gasteiger charge is 2.38. The fourth-order valence-electron chi connectivity index (χ4n) is 9.61. The summed E-state index contributed by atoms with van der Waals surface area (Å²) in [4.78, 5) is 78.2. The van der Waals surface area contributed by atoms with E-state index in [0.717, 1.165) is 70.2 Å². The van der Waals surface area contributed by atoms with E-state index in [9.17, 15) is 19.2 Å². The number of rotatable bonds is 16. The number of hydrogen-bond acceptors (Lipinski definition) is 11. The Labute approximate surface area is 400 Å². The highest BCUT2D eigenvalue weighted by molar-refractivity contribution is 5.90. The molecule has 4 amide bonds. The number of amides is 4. The van der Waals surface area contributed by atoms with Gasteiger partial charge < -0.3 is 49.3 Å². The molecular weight excluding hydrogens is 879 g/mol. The number of aromatic amines is 2. The number of benzene rings is 3. The Morgan fingerprint density at radius 2 is 1.38 bits per heavy atom. The largest absolute Gasteiger partial charge is 0.453 e. The molecule has 4 atom stereocenters. The zero-order chi connectivity index (χ0) is 47.7. The van der Waals surface area contributed by atoms with Gasteiger partial charge in [0.1, 0.15) is 29.8 Å². The van der Waals surface area contributed by atoms with Gasteiger partial charge in [0.05, 0.1) is 61.9 Å². The Kier molecular flexibility index (Phi) is 14.9. The molecule has 3 aliphatic rings. The second-order valence-electron chi connectivity index (χ2n) is 17.7. The van der Waals surface area contributed by atoms with Gasteiger partial charge in [-0.3, -0.25) is 14.6 Å². The van der Waals surface area contributed by atoms with Gasteiger partial charge in [-0.25, -0.2) is 19.6 Å². The van der Waals surface area contributed by atoms with Gasteiger partial charge >= 0.3 is 12.2 Å². The first-order valence-corrected chi connectivity index (χ1v) is 24.0. The summed E-state index contributed by atoms with van der Waals surface area (Å²) in [6.07, 6.45) is 9.40. The second-order valence-corrected chi connectivity index (χ2v) is 17.7. The molecule has 4 unspecified atom stereocenters. The molecule has 3 fully saturated rings. The number of nitrogens with one attached hydrogen (secondary N) is 4. The van der Waals surface area contributed by atoms with Gasteiger partial charge in [0.15, 0.2) is 0 Å². The standard InChI is InChI=1S/C52H59N9O8/c1-3-67-25-9-12-40(58-51(64)66-2)49(62)60-23-7-13-44(60)47-55-32-43(57-47)37-20-19-36-29-41(53-30-38(36)28-37)33-15-17-34(18-16-33)42-31-54-48(56-42)45-14-8-24-61(45)50(63)46(35-10-5-4-6-11-35)59-52(65)69-39-21-26-68-27-22-39/h4-6,10-11,15-20,28-32,39-40,44-46H,3,7-9,12-14,21-27H2,1-2H3,(H,54,56)(H,55,57)(H,58,64)(H,59,65). The number of methoxy groups -OCH3 is 1. The van der Waals surface area contributed by atoms with Gasteiger partial charge in [-0.1, -0.05) is 66.7 Å². The average Bonchev–Trinajstić information content (AvgIpc) is 4.24. The number of carbonyl (C=O) groups is 4. The minimum absolute atomic E-state index is 0.161. The number of likely N-dealkylation sites (tertiary alicyclic amines) is 2. The molecule has 6 aromatic rings. The molecule has 17 nitrogen and oxygen atoms in total. The van der Waals surface area contributed by atoms with Gasteiger partial charge in [0, 0.05) is 61.9 Å². The highest BCUT2D eigenvalue weighted by Crippen LogP contribution is 2.36. The number of imidazole rings is 2. The molecule has 0 saturated carbocycles. The molecule has 0 bridgehead atoms. The number of H-pyrrole nitrogens is 2. The quantitative estimate of drug-likeness (QED) is 0.0681. The Bertz CT molecular complexity index is 2720. The van der Waals surface area contributed by atoms with Crippen LogP contribution in [0.15, 0.2) is 97.5 Å². The summed E-state index contributed by atoms with van der Waals surface area (Å²) in [7, 11) is 1.29. The van der Waals surface area contributed by atoms with Crippen LogP contribution in [0.3, 0.4) is 0 Å². The molecule has 4 N–H and O–H groups in total. The molecule has 3 aromatic heterocycles. The van der Waals surface area contributed by atoms with E-state index in [-0.39, 0.29) is 30.0 Å². The van der Waals surface area contributed by atoms with E-state index >= 15 is 0 Å². The third-order valence-electron chi connectivity index (χ3n) is 13.3. The van der Waals surface area contributed by atoms with Crippen molar-refractivity contribution in [3.05, 3.63) is 115 Å². The molecule has 9 rings (SSSR count). The lowest BCUT2D eigenvalue weighted by Crippen LogP contribution is -2.48.